The Balaban J connectivity index is 1.48. The quantitative estimate of drug-likeness (QED) is 0.868. The van der Waals surface area contributed by atoms with Crippen molar-refractivity contribution in [3.63, 3.8) is 0 Å². The first-order chi connectivity index (χ1) is 12.6. The molecule has 1 aromatic carbocycles. The highest BCUT2D eigenvalue weighted by molar-refractivity contribution is 5.79. The Morgan fingerprint density at radius 2 is 2.08 bits per heavy atom. The number of aromatic nitrogens is 2. The molecule has 1 saturated heterocycles. The predicted molar refractivity (Wildman–Crippen MR) is 89.9 cm³/mol. The van der Waals surface area contributed by atoms with E-state index in [1.54, 1.807) is 34.1 Å². The summed E-state index contributed by atoms with van der Waals surface area (Å²) in [4.78, 5) is 25.9. The van der Waals surface area contributed by atoms with Gasteiger partial charge in [-0.2, -0.15) is 5.10 Å². The lowest BCUT2D eigenvalue weighted by molar-refractivity contribution is -0.141. The first-order valence-electron chi connectivity index (χ1n) is 8.49. The summed E-state index contributed by atoms with van der Waals surface area (Å²) in [6.07, 6.45) is 3.76. The van der Waals surface area contributed by atoms with Crippen molar-refractivity contribution in [3.8, 4) is 11.5 Å². The van der Waals surface area contributed by atoms with Crippen LogP contribution in [0.25, 0.3) is 0 Å². The van der Waals surface area contributed by atoms with Gasteiger partial charge in [0.05, 0.1) is 5.92 Å². The highest BCUT2D eigenvalue weighted by Gasteiger charge is 2.40. The summed E-state index contributed by atoms with van der Waals surface area (Å²) in [7, 11) is 0. The van der Waals surface area contributed by atoms with Crippen molar-refractivity contribution in [2.24, 2.45) is 5.92 Å². The molecule has 1 aromatic heterocycles. The highest BCUT2D eigenvalue weighted by Crippen LogP contribution is 2.39. The number of rotatable bonds is 5. The van der Waals surface area contributed by atoms with Crippen LogP contribution >= 0.6 is 0 Å². The van der Waals surface area contributed by atoms with Crippen molar-refractivity contribution in [1.82, 2.24) is 14.7 Å². The predicted octanol–water partition coefficient (Wildman–Crippen LogP) is 1.33. The van der Waals surface area contributed by atoms with E-state index in [0.29, 0.717) is 31.0 Å². The lowest BCUT2D eigenvalue weighted by atomic mass is 9.89. The van der Waals surface area contributed by atoms with Crippen LogP contribution in [0.15, 0.2) is 36.7 Å². The molecule has 136 valence electrons. The summed E-state index contributed by atoms with van der Waals surface area (Å²) >= 11 is 0. The first-order valence-corrected chi connectivity index (χ1v) is 8.49. The zero-order valence-electron chi connectivity index (χ0n) is 14.1. The maximum Gasteiger partial charge on any atom is 0.308 e. The number of carboxylic acids is 1. The van der Waals surface area contributed by atoms with E-state index in [1.807, 2.05) is 12.1 Å². The van der Waals surface area contributed by atoms with Gasteiger partial charge >= 0.3 is 5.97 Å². The van der Waals surface area contributed by atoms with Crippen molar-refractivity contribution < 1.29 is 24.2 Å². The van der Waals surface area contributed by atoms with E-state index in [4.69, 9.17) is 9.47 Å². The zero-order valence-corrected chi connectivity index (χ0v) is 14.1. The van der Waals surface area contributed by atoms with Gasteiger partial charge in [0.15, 0.2) is 11.5 Å². The van der Waals surface area contributed by atoms with Crippen molar-refractivity contribution in [1.29, 1.82) is 0 Å². The van der Waals surface area contributed by atoms with E-state index in [2.05, 4.69) is 5.10 Å². The Hall–Kier alpha value is -3.03. The van der Waals surface area contributed by atoms with Gasteiger partial charge in [0.2, 0.25) is 12.7 Å². The molecule has 8 nitrogen and oxygen atoms in total. The Morgan fingerprint density at radius 3 is 2.85 bits per heavy atom. The number of hydrogen-bond donors (Lipinski definition) is 1. The van der Waals surface area contributed by atoms with Crippen LogP contribution < -0.4 is 9.47 Å². The minimum atomic E-state index is -0.893. The van der Waals surface area contributed by atoms with Crippen molar-refractivity contribution in [2.45, 2.75) is 18.9 Å². The zero-order chi connectivity index (χ0) is 18.1. The first kappa shape index (κ1) is 16.4. The van der Waals surface area contributed by atoms with Crippen LogP contribution in [0.3, 0.4) is 0 Å². The van der Waals surface area contributed by atoms with Crippen molar-refractivity contribution in [3.05, 3.63) is 42.2 Å². The Morgan fingerprint density at radius 1 is 1.23 bits per heavy atom. The Kier molecular flexibility index (Phi) is 4.24. The van der Waals surface area contributed by atoms with E-state index < -0.39 is 11.9 Å². The molecule has 0 bridgehead atoms. The summed E-state index contributed by atoms with van der Waals surface area (Å²) in [6.45, 7) is 1.25. The molecule has 2 aromatic rings. The van der Waals surface area contributed by atoms with Crippen molar-refractivity contribution >= 4 is 11.9 Å². The molecule has 0 aliphatic carbocycles. The fourth-order valence-corrected chi connectivity index (χ4v) is 3.54. The molecule has 1 amide bonds. The molecule has 2 aliphatic heterocycles. The molecule has 8 heteroatoms. The summed E-state index contributed by atoms with van der Waals surface area (Å²) in [5.41, 5.74) is 0.851. The van der Waals surface area contributed by atoms with E-state index >= 15 is 0 Å². The van der Waals surface area contributed by atoms with Crippen LogP contribution in [0.2, 0.25) is 0 Å². The second-order valence-corrected chi connectivity index (χ2v) is 6.48. The lowest BCUT2D eigenvalue weighted by Gasteiger charge is -2.17. The number of benzene rings is 1. The summed E-state index contributed by atoms with van der Waals surface area (Å²) in [6, 6.07) is 7.27. The van der Waals surface area contributed by atoms with Gasteiger partial charge in [0.1, 0.15) is 0 Å². The largest absolute Gasteiger partial charge is 0.481 e. The number of nitrogens with zero attached hydrogens (tertiary/aromatic N) is 3. The fraction of sp³-hybridized carbons (Fsp3) is 0.389. The van der Waals surface area contributed by atoms with Gasteiger partial charge in [0, 0.05) is 44.4 Å². The maximum atomic E-state index is 12.5. The lowest BCUT2D eigenvalue weighted by Crippen LogP contribution is -2.30. The average Bonchev–Trinajstić information content (AvgIpc) is 3.38. The number of carboxylic acid groups (broad SMARTS) is 1. The van der Waals surface area contributed by atoms with E-state index in [0.717, 1.165) is 5.56 Å². The number of carbonyl (C=O) groups excluding carboxylic acids is 1. The van der Waals surface area contributed by atoms with Gasteiger partial charge < -0.3 is 19.5 Å². The Labute approximate surface area is 149 Å². The highest BCUT2D eigenvalue weighted by atomic mass is 16.7. The van der Waals surface area contributed by atoms with Crippen LogP contribution in [0.4, 0.5) is 0 Å². The number of aliphatic carboxylic acids is 1. The van der Waals surface area contributed by atoms with Crippen LogP contribution in [0.5, 0.6) is 11.5 Å². The number of ether oxygens (including phenoxy) is 2. The molecule has 1 N–H and O–H groups in total. The molecule has 0 radical (unpaired) electrons. The summed E-state index contributed by atoms with van der Waals surface area (Å²) in [5.74, 6) is -0.578. The standard InChI is InChI=1S/C18H19N3O5/c22-17(4-7-21-6-1-5-19-21)20-9-13(14(10-20)18(23)24)12-2-3-15-16(8-12)26-11-25-15/h1-3,5-6,8,13-14H,4,7,9-11H2,(H,23,24)/t13-,14+/m0/s1. The van der Waals surface area contributed by atoms with Gasteiger partial charge in [-0.15, -0.1) is 0 Å². The topological polar surface area (TPSA) is 93.9 Å². The molecule has 2 aliphatic rings. The Bertz CT molecular complexity index is 820. The normalized spacial score (nSPS) is 21.2. The third-order valence-electron chi connectivity index (χ3n) is 4.93. The number of amides is 1. The molecular formula is C18H19N3O5. The maximum absolute atomic E-state index is 12.5. The third-order valence-corrected chi connectivity index (χ3v) is 4.93. The van der Waals surface area contributed by atoms with Gasteiger partial charge in [-0.1, -0.05) is 6.07 Å². The molecule has 0 saturated carbocycles. The number of aryl methyl sites for hydroxylation is 1. The number of fused-ring (bicyclic) bond motifs is 1. The molecule has 0 spiro atoms. The molecule has 2 atom stereocenters. The van der Waals surface area contributed by atoms with Crippen LogP contribution in [0.1, 0.15) is 17.9 Å². The molecule has 0 unspecified atom stereocenters. The minimum absolute atomic E-state index is 0.0602. The minimum Gasteiger partial charge on any atom is -0.481 e. The van der Waals surface area contributed by atoms with E-state index in [-0.39, 0.29) is 25.2 Å². The van der Waals surface area contributed by atoms with Crippen molar-refractivity contribution in [2.75, 3.05) is 19.9 Å². The van der Waals surface area contributed by atoms with Gasteiger partial charge in [-0.05, 0) is 23.8 Å². The number of carbonyl (C=O) groups is 2. The molecule has 26 heavy (non-hydrogen) atoms. The summed E-state index contributed by atoms with van der Waals surface area (Å²) < 4.78 is 12.4. The summed E-state index contributed by atoms with van der Waals surface area (Å²) in [5, 5.41) is 13.7. The smallest absolute Gasteiger partial charge is 0.308 e. The second kappa shape index (κ2) is 6.70. The number of likely N-dealkylation sites (tertiary alicyclic amines) is 1. The molecule has 3 heterocycles. The van der Waals surface area contributed by atoms with Gasteiger partial charge in [-0.3, -0.25) is 14.3 Å². The average molecular weight is 357 g/mol. The SMILES string of the molecule is O=C(O)[C@@H]1CN(C(=O)CCn2cccn2)C[C@H]1c1ccc2c(c1)OCO2. The van der Waals surface area contributed by atoms with E-state index in [9.17, 15) is 14.7 Å². The molecular weight excluding hydrogens is 338 g/mol. The third kappa shape index (κ3) is 3.10. The van der Waals surface area contributed by atoms with Crippen LogP contribution in [-0.2, 0) is 16.1 Å². The monoisotopic (exact) mass is 357 g/mol. The van der Waals surface area contributed by atoms with E-state index in [1.165, 1.54) is 0 Å². The van der Waals surface area contributed by atoms with Gasteiger partial charge in [0.25, 0.3) is 0 Å². The fourth-order valence-electron chi connectivity index (χ4n) is 3.54. The van der Waals surface area contributed by atoms with Crippen LogP contribution in [0, 0.1) is 5.92 Å². The van der Waals surface area contributed by atoms with Crippen LogP contribution in [-0.4, -0.2) is 51.5 Å². The number of hydrogen-bond acceptors (Lipinski definition) is 5. The van der Waals surface area contributed by atoms with Gasteiger partial charge in [-0.25, -0.2) is 0 Å². The molecule has 4 rings (SSSR count). The second-order valence-electron chi connectivity index (χ2n) is 6.48. The molecule has 1 fully saturated rings.